The second-order valence-electron chi connectivity index (χ2n) is 2.62. The SMILES string of the molecule is Nc1ccccc1CCO.O=S(=O)(O)O. The van der Waals surface area contributed by atoms with E-state index in [4.69, 9.17) is 28.4 Å². The van der Waals surface area contributed by atoms with E-state index in [2.05, 4.69) is 0 Å². The Kier molecular flexibility index (Phi) is 5.87. The van der Waals surface area contributed by atoms with E-state index in [0.29, 0.717) is 6.42 Å². The Balaban J connectivity index is 0.000000336. The zero-order valence-corrected chi connectivity index (χ0v) is 8.68. The average molecular weight is 235 g/mol. The van der Waals surface area contributed by atoms with Crippen LogP contribution < -0.4 is 5.73 Å². The molecule has 86 valence electrons. The Bertz CT molecular complexity index is 382. The molecule has 0 unspecified atom stereocenters. The highest BCUT2D eigenvalue weighted by Crippen LogP contribution is 2.09. The van der Waals surface area contributed by atoms with E-state index >= 15 is 0 Å². The zero-order valence-electron chi connectivity index (χ0n) is 7.87. The molecule has 1 rings (SSSR count). The molecule has 0 saturated carbocycles. The number of hydrogen-bond donors (Lipinski definition) is 4. The van der Waals surface area contributed by atoms with Crippen LogP contribution in [0.2, 0.25) is 0 Å². The van der Waals surface area contributed by atoms with Gasteiger partial charge in [0.05, 0.1) is 0 Å². The van der Waals surface area contributed by atoms with E-state index in [0.717, 1.165) is 11.3 Å². The Morgan fingerprint density at radius 3 is 2.07 bits per heavy atom. The third-order valence-corrected chi connectivity index (χ3v) is 1.44. The van der Waals surface area contributed by atoms with Gasteiger partial charge in [0.15, 0.2) is 0 Å². The molecule has 1 aromatic carbocycles. The summed E-state index contributed by atoms with van der Waals surface area (Å²) >= 11 is 0. The maximum atomic E-state index is 8.74. The highest BCUT2D eigenvalue weighted by molar-refractivity contribution is 7.79. The van der Waals surface area contributed by atoms with Crippen LogP contribution in [0.25, 0.3) is 0 Å². The van der Waals surface area contributed by atoms with Crippen molar-refractivity contribution in [1.82, 2.24) is 0 Å². The van der Waals surface area contributed by atoms with Gasteiger partial charge >= 0.3 is 10.4 Å². The lowest BCUT2D eigenvalue weighted by atomic mass is 10.1. The van der Waals surface area contributed by atoms with E-state index < -0.39 is 10.4 Å². The van der Waals surface area contributed by atoms with Crippen LogP contribution in [0.4, 0.5) is 5.69 Å². The third kappa shape index (κ3) is 9.16. The molecule has 0 atom stereocenters. The Morgan fingerprint density at radius 2 is 1.67 bits per heavy atom. The molecule has 0 aromatic heterocycles. The number of para-hydroxylation sites is 1. The molecule has 6 nitrogen and oxygen atoms in total. The highest BCUT2D eigenvalue weighted by Gasteiger charge is 1.93. The maximum absolute atomic E-state index is 8.74. The molecular weight excluding hydrogens is 222 g/mol. The molecule has 7 heteroatoms. The van der Waals surface area contributed by atoms with Crippen molar-refractivity contribution >= 4 is 16.1 Å². The van der Waals surface area contributed by atoms with Crippen molar-refractivity contribution in [2.45, 2.75) is 6.42 Å². The highest BCUT2D eigenvalue weighted by atomic mass is 32.3. The van der Waals surface area contributed by atoms with Crippen molar-refractivity contribution in [3.05, 3.63) is 29.8 Å². The van der Waals surface area contributed by atoms with E-state index in [1.807, 2.05) is 24.3 Å². The summed E-state index contributed by atoms with van der Waals surface area (Å²) in [5.74, 6) is 0. The van der Waals surface area contributed by atoms with Crippen LogP contribution in [0.15, 0.2) is 24.3 Å². The first-order valence-corrected chi connectivity index (χ1v) is 5.38. The third-order valence-electron chi connectivity index (χ3n) is 1.44. The van der Waals surface area contributed by atoms with Gasteiger partial charge < -0.3 is 10.8 Å². The van der Waals surface area contributed by atoms with Crippen LogP contribution in [-0.4, -0.2) is 29.2 Å². The second kappa shape index (κ2) is 6.36. The number of hydrogen-bond acceptors (Lipinski definition) is 4. The molecule has 1 aromatic rings. The van der Waals surface area contributed by atoms with Crippen molar-refractivity contribution in [3.8, 4) is 0 Å². The molecule has 0 fully saturated rings. The number of aliphatic hydroxyl groups excluding tert-OH is 1. The van der Waals surface area contributed by atoms with Crippen molar-refractivity contribution in [2.75, 3.05) is 12.3 Å². The molecule has 0 saturated heterocycles. The summed E-state index contributed by atoms with van der Waals surface area (Å²) in [7, 11) is -4.67. The quantitative estimate of drug-likeness (QED) is 0.427. The topological polar surface area (TPSA) is 121 Å². The zero-order chi connectivity index (χ0) is 11.9. The van der Waals surface area contributed by atoms with Crippen molar-refractivity contribution in [1.29, 1.82) is 0 Å². The van der Waals surface area contributed by atoms with Crippen LogP contribution in [0.5, 0.6) is 0 Å². The van der Waals surface area contributed by atoms with Crippen LogP contribution in [0.1, 0.15) is 5.56 Å². The van der Waals surface area contributed by atoms with Crippen LogP contribution in [0.3, 0.4) is 0 Å². The molecule has 0 heterocycles. The fourth-order valence-electron chi connectivity index (χ4n) is 0.882. The van der Waals surface area contributed by atoms with Gasteiger partial charge in [-0.15, -0.1) is 0 Å². The second-order valence-corrected chi connectivity index (χ2v) is 3.52. The van der Waals surface area contributed by atoms with Gasteiger partial charge in [0.1, 0.15) is 0 Å². The monoisotopic (exact) mass is 235 g/mol. The van der Waals surface area contributed by atoms with Crippen molar-refractivity contribution in [2.24, 2.45) is 0 Å². The van der Waals surface area contributed by atoms with E-state index in [9.17, 15) is 0 Å². The van der Waals surface area contributed by atoms with Gasteiger partial charge in [0.25, 0.3) is 0 Å². The van der Waals surface area contributed by atoms with Gasteiger partial charge in [-0.25, -0.2) is 0 Å². The normalized spacial score (nSPS) is 10.3. The van der Waals surface area contributed by atoms with Crippen LogP contribution >= 0.6 is 0 Å². The summed E-state index contributed by atoms with van der Waals surface area (Å²) in [6, 6.07) is 7.56. The number of anilines is 1. The number of rotatable bonds is 2. The summed E-state index contributed by atoms with van der Waals surface area (Å²) < 4.78 is 31.6. The molecule has 0 radical (unpaired) electrons. The lowest BCUT2D eigenvalue weighted by Gasteiger charge is -2.00. The first-order chi connectivity index (χ1) is 6.84. The molecule has 5 N–H and O–H groups in total. The van der Waals surface area contributed by atoms with Crippen molar-refractivity contribution in [3.63, 3.8) is 0 Å². The molecule has 15 heavy (non-hydrogen) atoms. The lowest BCUT2D eigenvalue weighted by molar-refractivity contribution is 0.300. The molecule has 0 aliphatic heterocycles. The standard InChI is InChI=1S/C8H11NO.H2O4S/c9-8-4-2-1-3-7(8)5-6-10;1-5(2,3)4/h1-4,10H,5-6,9H2;(H2,1,2,3,4). The summed E-state index contributed by atoms with van der Waals surface area (Å²) in [5.41, 5.74) is 7.37. The number of nitrogen functional groups attached to an aromatic ring is 1. The molecule has 0 bridgehead atoms. The Morgan fingerprint density at radius 1 is 1.20 bits per heavy atom. The number of nitrogens with two attached hydrogens (primary N) is 1. The maximum Gasteiger partial charge on any atom is 0.394 e. The molecular formula is C8H13NO5S. The fraction of sp³-hybridized carbons (Fsp3) is 0.250. The van der Waals surface area contributed by atoms with Crippen LogP contribution in [-0.2, 0) is 16.8 Å². The molecule has 0 aliphatic carbocycles. The van der Waals surface area contributed by atoms with E-state index in [1.165, 1.54) is 0 Å². The van der Waals surface area contributed by atoms with Gasteiger partial charge in [-0.3, -0.25) is 9.11 Å². The van der Waals surface area contributed by atoms with E-state index in [-0.39, 0.29) is 6.61 Å². The lowest BCUT2D eigenvalue weighted by Crippen LogP contribution is -1.96. The van der Waals surface area contributed by atoms with Crippen LogP contribution in [0, 0.1) is 0 Å². The van der Waals surface area contributed by atoms with Gasteiger partial charge in [-0.2, -0.15) is 8.42 Å². The van der Waals surface area contributed by atoms with E-state index in [1.54, 1.807) is 0 Å². The number of aliphatic hydroxyl groups is 1. The smallest absolute Gasteiger partial charge is 0.394 e. The minimum atomic E-state index is -4.67. The van der Waals surface area contributed by atoms with Gasteiger partial charge in [0.2, 0.25) is 0 Å². The molecule has 0 spiro atoms. The average Bonchev–Trinajstić information content (AvgIpc) is 2.06. The minimum Gasteiger partial charge on any atom is -0.399 e. The van der Waals surface area contributed by atoms with Gasteiger partial charge in [-0.05, 0) is 18.1 Å². The summed E-state index contributed by atoms with van der Waals surface area (Å²) in [6.07, 6.45) is 0.646. The van der Waals surface area contributed by atoms with Crippen molar-refractivity contribution < 1.29 is 22.6 Å². The molecule has 0 amide bonds. The fourth-order valence-corrected chi connectivity index (χ4v) is 0.882. The van der Waals surface area contributed by atoms with Gasteiger partial charge in [-0.1, -0.05) is 18.2 Å². The van der Waals surface area contributed by atoms with Gasteiger partial charge in [0, 0.05) is 12.3 Å². The summed E-state index contributed by atoms with van der Waals surface area (Å²) in [5, 5.41) is 8.59. The minimum absolute atomic E-state index is 0.161. The summed E-state index contributed by atoms with van der Waals surface area (Å²) in [6.45, 7) is 0.161. The predicted molar refractivity (Wildman–Crippen MR) is 55.8 cm³/mol. The Labute approximate surface area is 87.9 Å². The number of benzene rings is 1. The Hall–Kier alpha value is -1.15. The molecule has 0 aliphatic rings. The first-order valence-electron chi connectivity index (χ1n) is 3.98. The predicted octanol–water partition coefficient (Wildman–Crippen LogP) is 0.151. The summed E-state index contributed by atoms with van der Waals surface area (Å²) in [4.78, 5) is 0. The largest absolute Gasteiger partial charge is 0.399 e. The first kappa shape index (κ1) is 13.8.